The van der Waals surface area contributed by atoms with E-state index in [9.17, 15) is 0 Å². The number of thiophene rings is 1. The lowest BCUT2D eigenvalue weighted by Gasteiger charge is -2.18. The number of pyridine rings is 1. The van der Waals surface area contributed by atoms with E-state index < -0.39 is 0 Å². The van der Waals surface area contributed by atoms with Crippen molar-refractivity contribution < 1.29 is 0 Å². The van der Waals surface area contributed by atoms with E-state index in [1.54, 1.807) is 11.3 Å². The number of hydrogen-bond acceptors (Lipinski definition) is 4. The van der Waals surface area contributed by atoms with Crippen molar-refractivity contribution in [3.8, 4) is 0 Å². The van der Waals surface area contributed by atoms with Gasteiger partial charge < -0.3 is 10.2 Å². The van der Waals surface area contributed by atoms with E-state index in [2.05, 4.69) is 42.4 Å². The monoisotopic (exact) mass is 321 g/mol. The molecule has 5 heteroatoms. The summed E-state index contributed by atoms with van der Waals surface area (Å²) >= 11 is 7.60. The first-order valence-corrected chi connectivity index (χ1v) is 8.46. The Balaban J connectivity index is 1.65. The fourth-order valence-electron chi connectivity index (χ4n) is 2.27. The molecule has 0 radical (unpaired) electrons. The van der Waals surface area contributed by atoms with Gasteiger partial charge in [0.2, 0.25) is 0 Å². The quantitative estimate of drug-likeness (QED) is 0.872. The average Bonchev–Trinajstić information content (AvgIpc) is 3.20. The van der Waals surface area contributed by atoms with E-state index in [4.69, 9.17) is 16.6 Å². The van der Waals surface area contributed by atoms with Crippen molar-refractivity contribution in [2.24, 2.45) is 0 Å². The first kappa shape index (κ1) is 14.8. The molecule has 0 aliphatic heterocycles. The Morgan fingerprint density at radius 1 is 1.33 bits per heavy atom. The van der Waals surface area contributed by atoms with E-state index >= 15 is 0 Å². The van der Waals surface area contributed by atoms with E-state index in [-0.39, 0.29) is 0 Å². The Morgan fingerprint density at radius 3 is 2.76 bits per heavy atom. The van der Waals surface area contributed by atoms with Crippen LogP contribution in [0.4, 0.5) is 5.82 Å². The van der Waals surface area contributed by atoms with Crippen LogP contribution in [0.2, 0.25) is 4.34 Å². The van der Waals surface area contributed by atoms with Crippen molar-refractivity contribution in [1.29, 1.82) is 0 Å². The molecule has 2 aromatic heterocycles. The van der Waals surface area contributed by atoms with Gasteiger partial charge in [0.25, 0.3) is 0 Å². The second-order valence-electron chi connectivity index (χ2n) is 5.63. The number of nitrogens with one attached hydrogen (secondary N) is 1. The lowest BCUT2D eigenvalue weighted by Crippen LogP contribution is -2.19. The summed E-state index contributed by atoms with van der Waals surface area (Å²) in [5, 5.41) is 3.54. The summed E-state index contributed by atoms with van der Waals surface area (Å²) in [5.74, 6) is 1.01. The van der Waals surface area contributed by atoms with Crippen LogP contribution in [0.3, 0.4) is 0 Å². The third kappa shape index (κ3) is 3.96. The number of aryl methyl sites for hydroxylation is 1. The predicted molar refractivity (Wildman–Crippen MR) is 90.3 cm³/mol. The SMILES string of the molecule is Cc1nc(N(C)Cc2ccc(Cl)s2)ccc1CNC1CC1. The molecule has 0 spiro atoms. The number of rotatable bonds is 6. The smallest absolute Gasteiger partial charge is 0.128 e. The second kappa shape index (κ2) is 6.34. The molecular weight excluding hydrogens is 302 g/mol. The van der Waals surface area contributed by atoms with Crippen LogP contribution in [0, 0.1) is 6.92 Å². The minimum absolute atomic E-state index is 0.732. The molecule has 1 aliphatic carbocycles. The number of hydrogen-bond donors (Lipinski definition) is 1. The standard InChI is InChI=1S/C16H20ClN3S/c1-11-12(9-18-13-4-5-13)3-8-16(19-11)20(2)10-14-6-7-15(17)21-14/h3,6-8,13,18H,4-5,9-10H2,1-2H3. The van der Waals surface area contributed by atoms with Crippen LogP contribution in [0.5, 0.6) is 0 Å². The first-order chi connectivity index (χ1) is 10.1. The molecule has 1 fully saturated rings. The Kier molecular flexibility index (Phi) is 4.48. The van der Waals surface area contributed by atoms with Gasteiger partial charge in [-0.3, -0.25) is 0 Å². The molecule has 2 heterocycles. The fourth-order valence-corrected chi connectivity index (χ4v) is 3.41. The van der Waals surface area contributed by atoms with Gasteiger partial charge in [-0.1, -0.05) is 17.7 Å². The molecule has 112 valence electrons. The summed E-state index contributed by atoms with van der Waals surface area (Å²) in [6, 6.07) is 9.04. The molecule has 1 N–H and O–H groups in total. The lowest BCUT2D eigenvalue weighted by molar-refractivity contribution is 0.682. The first-order valence-electron chi connectivity index (χ1n) is 7.27. The largest absolute Gasteiger partial charge is 0.355 e. The molecule has 0 amide bonds. The van der Waals surface area contributed by atoms with Crippen LogP contribution in [0.15, 0.2) is 24.3 Å². The number of halogens is 1. The van der Waals surface area contributed by atoms with Crippen LogP contribution in [-0.4, -0.2) is 18.1 Å². The van der Waals surface area contributed by atoms with Gasteiger partial charge in [-0.25, -0.2) is 4.98 Å². The third-order valence-corrected chi connectivity index (χ3v) is 4.97. The normalized spacial score (nSPS) is 14.4. The molecule has 1 aliphatic rings. The lowest BCUT2D eigenvalue weighted by atomic mass is 10.2. The van der Waals surface area contributed by atoms with Crippen molar-refractivity contribution in [2.45, 2.75) is 38.9 Å². The summed E-state index contributed by atoms with van der Waals surface area (Å²) in [6.45, 7) is 3.85. The third-order valence-electron chi connectivity index (χ3n) is 3.75. The maximum absolute atomic E-state index is 5.98. The van der Waals surface area contributed by atoms with Crippen LogP contribution in [0.1, 0.15) is 29.0 Å². The summed E-state index contributed by atoms with van der Waals surface area (Å²) < 4.78 is 0.837. The molecule has 3 rings (SSSR count). The van der Waals surface area contributed by atoms with Gasteiger partial charge >= 0.3 is 0 Å². The zero-order valence-corrected chi connectivity index (χ0v) is 14.0. The molecule has 21 heavy (non-hydrogen) atoms. The maximum atomic E-state index is 5.98. The summed E-state index contributed by atoms with van der Waals surface area (Å²) in [5.41, 5.74) is 2.40. The molecule has 1 saturated carbocycles. The van der Waals surface area contributed by atoms with Crippen LogP contribution in [-0.2, 0) is 13.1 Å². The van der Waals surface area contributed by atoms with Crippen molar-refractivity contribution in [3.05, 3.63) is 44.7 Å². The minimum atomic E-state index is 0.732. The van der Waals surface area contributed by atoms with Crippen molar-refractivity contribution in [2.75, 3.05) is 11.9 Å². The number of anilines is 1. The second-order valence-corrected chi connectivity index (χ2v) is 7.43. The predicted octanol–water partition coefficient (Wildman–Crippen LogP) is 3.99. The topological polar surface area (TPSA) is 28.2 Å². The van der Waals surface area contributed by atoms with E-state index in [0.29, 0.717) is 0 Å². The van der Waals surface area contributed by atoms with Crippen molar-refractivity contribution in [3.63, 3.8) is 0 Å². The summed E-state index contributed by atoms with van der Waals surface area (Å²) in [6.07, 6.45) is 2.63. The van der Waals surface area contributed by atoms with Gasteiger partial charge in [0.05, 0.1) is 10.9 Å². The minimum Gasteiger partial charge on any atom is -0.355 e. The van der Waals surface area contributed by atoms with Gasteiger partial charge in [0, 0.05) is 30.2 Å². The van der Waals surface area contributed by atoms with Crippen LogP contribution >= 0.6 is 22.9 Å². The van der Waals surface area contributed by atoms with Gasteiger partial charge in [0.1, 0.15) is 5.82 Å². The Labute approximate surface area is 135 Å². The average molecular weight is 322 g/mol. The molecule has 0 bridgehead atoms. The van der Waals surface area contributed by atoms with Crippen LogP contribution < -0.4 is 10.2 Å². The van der Waals surface area contributed by atoms with E-state index in [0.717, 1.165) is 35.0 Å². The molecule has 0 atom stereocenters. The molecule has 0 saturated heterocycles. The van der Waals surface area contributed by atoms with Gasteiger partial charge in [-0.05, 0) is 43.5 Å². The molecule has 0 unspecified atom stereocenters. The molecule has 2 aromatic rings. The number of nitrogens with zero attached hydrogens (tertiary/aromatic N) is 2. The highest BCUT2D eigenvalue weighted by atomic mass is 35.5. The molecular formula is C16H20ClN3S. The highest BCUT2D eigenvalue weighted by Gasteiger charge is 2.20. The Morgan fingerprint density at radius 2 is 2.14 bits per heavy atom. The molecule has 3 nitrogen and oxygen atoms in total. The molecule has 0 aromatic carbocycles. The van der Waals surface area contributed by atoms with E-state index in [1.165, 1.54) is 23.3 Å². The van der Waals surface area contributed by atoms with Crippen molar-refractivity contribution >= 4 is 28.8 Å². The summed E-state index contributed by atoms with van der Waals surface area (Å²) in [4.78, 5) is 8.14. The zero-order valence-electron chi connectivity index (χ0n) is 12.4. The highest BCUT2D eigenvalue weighted by molar-refractivity contribution is 7.16. The van der Waals surface area contributed by atoms with Gasteiger partial charge in [-0.2, -0.15) is 0 Å². The van der Waals surface area contributed by atoms with Crippen LogP contribution in [0.25, 0.3) is 0 Å². The summed E-state index contributed by atoms with van der Waals surface area (Å²) in [7, 11) is 2.07. The van der Waals surface area contributed by atoms with Crippen molar-refractivity contribution in [1.82, 2.24) is 10.3 Å². The Hall–Kier alpha value is -1.10. The van der Waals surface area contributed by atoms with E-state index in [1.807, 2.05) is 6.07 Å². The fraction of sp³-hybridized carbons (Fsp3) is 0.438. The highest BCUT2D eigenvalue weighted by Crippen LogP contribution is 2.24. The number of aromatic nitrogens is 1. The van der Waals surface area contributed by atoms with Gasteiger partial charge in [0.15, 0.2) is 0 Å². The zero-order chi connectivity index (χ0) is 14.8. The van der Waals surface area contributed by atoms with Gasteiger partial charge in [-0.15, -0.1) is 11.3 Å². The Bertz CT molecular complexity index is 622. The maximum Gasteiger partial charge on any atom is 0.128 e.